The minimum atomic E-state index is 0.327. The summed E-state index contributed by atoms with van der Waals surface area (Å²) in [6.45, 7) is 0. The summed E-state index contributed by atoms with van der Waals surface area (Å²) in [7, 11) is 0. The summed E-state index contributed by atoms with van der Waals surface area (Å²) in [6, 6.07) is 18.2. The Kier molecular flexibility index (Phi) is 1.92. The van der Waals surface area contributed by atoms with Gasteiger partial charge in [-0.2, -0.15) is 0 Å². The Morgan fingerprint density at radius 2 is 1.71 bits per heavy atom. The van der Waals surface area contributed by atoms with Crippen LogP contribution in [0.2, 0.25) is 0 Å². The molecule has 0 amide bonds. The number of furan rings is 1. The van der Waals surface area contributed by atoms with Crippen molar-refractivity contribution in [2.75, 3.05) is 0 Å². The van der Waals surface area contributed by atoms with Crippen molar-refractivity contribution < 1.29 is 9.52 Å². The topological polar surface area (TPSA) is 33.4 Å². The summed E-state index contributed by atoms with van der Waals surface area (Å²) < 4.78 is 5.91. The maximum absolute atomic E-state index is 10.4. The summed E-state index contributed by atoms with van der Waals surface area (Å²) in [6.07, 6.45) is 0.785. The molecule has 0 aliphatic heterocycles. The Labute approximate surface area is 121 Å². The molecule has 0 atom stereocenters. The fraction of sp³-hybridized carbons (Fsp3) is 0.0526. The van der Waals surface area contributed by atoms with Gasteiger partial charge in [0.25, 0.3) is 0 Å². The van der Waals surface area contributed by atoms with Crippen LogP contribution in [0.25, 0.3) is 33.1 Å². The first-order chi connectivity index (χ1) is 10.3. The van der Waals surface area contributed by atoms with E-state index in [9.17, 15) is 5.11 Å². The van der Waals surface area contributed by atoms with Gasteiger partial charge in [-0.1, -0.05) is 42.5 Å². The highest BCUT2D eigenvalue weighted by atomic mass is 16.3. The summed E-state index contributed by atoms with van der Waals surface area (Å²) in [5.41, 5.74) is 6.23. The minimum absolute atomic E-state index is 0.327. The van der Waals surface area contributed by atoms with Crippen LogP contribution < -0.4 is 0 Å². The average molecular weight is 272 g/mol. The highest BCUT2D eigenvalue weighted by Crippen LogP contribution is 2.48. The first-order valence-corrected chi connectivity index (χ1v) is 7.07. The quantitative estimate of drug-likeness (QED) is 0.436. The Morgan fingerprint density at radius 3 is 2.67 bits per heavy atom. The highest BCUT2D eigenvalue weighted by molar-refractivity contribution is 6.15. The normalized spacial score (nSPS) is 12.8. The number of phenolic OH excluding ortho intramolecular Hbond substituents is 1. The number of aromatic hydroxyl groups is 1. The van der Waals surface area contributed by atoms with Crippen LogP contribution in [0.5, 0.6) is 5.75 Å². The van der Waals surface area contributed by atoms with Gasteiger partial charge in [0.2, 0.25) is 0 Å². The zero-order valence-corrected chi connectivity index (χ0v) is 11.3. The molecular weight excluding hydrogens is 260 g/mol. The first-order valence-electron chi connectivity index (χ1n) is 7.07. The molecule has 0 radical (unpaired) electrons. The van der Waals surface area contributed by atoms with E-state index in [4.69, 9.17) is 4.42 Å². The van der Waals surface area contributed by atoms with E-state index < -0.39 is 0 Å². The third-order valence-corrected chi connectivity index (χ3v) is 4.41. The summed E-state index contributed by atoms with van der Waals surface area (Å²) in [5.74, 6) is 0.327. The largest absolute Gasteiger partial charge is 0.507 e. The van der Waals surface area contributed by atoms with Crippen molar-refractivity contribution in [3.05, 3.63) is 65.7 Å². The van der Waals surface area contributed by atoms with Gasteiger partial charge in [-0.05, 0) is 17.2 Å². The van der Waals surface area contributed by atoms with Crippen LogP contribution >= 0.6 is 0 Å². The van der Waals surface area contributed by atoms with Gasteiger partial charge in [0.15, 0.2) is 0 Å². The van der Waals surface area contributed by atoms with Crippen molar-refractivity contribution in [3.8, 4) is 16.9 Å². The Balaban J connectivity index is 2.05. The standard InChI is InChI=1S/C19H12O2/c20-15-10-17-19(13-7-3-4-8-16(13)21-17)18-12-6-2-1-5-11(12)9-14(15)18/h1-8,10,20H,9H2. The molecule has 0 fully saturated rings. The monoisotopic (exact) mass is 272 g/mol. The van der Waals surface area contributed by atoms with Gasteiger partial charge < -0.3 is 9.52 Å². The molecule has 100 valence electrons. The van der Waals surface area contributed by atoms with Crippen LogP contribution in [0.4, 0.5) is 0 Å². The van der Waals surface area contributed by atoms with Crippen LogP contribution in [-0.2, 0) is 6.42 Å². The van der Waals surface area contributed by atoms with Crippen molar-refractivity contribution in [2.24, 2.45) is 0 Å². The second-order valence-electron chi connectivity index (χ2n) is 5.55. The molecular formula is C19H12O2. The van der Waals surface area contributed by atoms with Crippen molar-refractivity contribution in [3.63, 3.8) is 0 Å². The molecule has 1 N–H and O–H groups in total. The number of benzene rings is 3. The van der Waals surface area contributed by atoms with E-state index in [1.807, 2.05) is 30.3 Å². The number of fused-ring (bicyclic) bond motifs is 7. The molecule has 2 nitrogen and oxygen atoms in total. The van der Waals surface area contributed by atoms with Gasteiger partial charge in [-0.3, -0.25) is 0 Å². The molecule has 0 spiro atoms. The third kappa shape index (κ3) is 1.32. The van der Waals surface area contributed by atoms with Crippen molar-refractivity contribution >= 4 is 21.9 Å². The van der Waals surface area contributed by atoms with Gasteiger partial charge in [-0.25, -0.2) is 0 Å². The molecule has 0 saturated heterocycles. The maximum atomic E-state index is 10.4. The van der Waals surface area contributed by atoms with E-state index >= 15 is 0 Å². The van der Waals surface area contributed by atoms with E-state index in [0.29, 0.717) is 5.75 Å². The molecule has 0 saturated carbocycles. The molecule has 1 aliphatic carbocycles. The van der Waals surface area contributed by atoms with Crippen molar-refractivity contribution in [1.29, 1.82) is 0 Å². The number of rotatable bonds is 0. The third-order valence-electron chi connectivity index (χ3n) is 4.41. The van der Waals surface area contributed by atoms with E-state index in [1.165, 1.54) is 11.1 Å². The number of hydrogen-bond acceptors (Lipinski definition) is 2. The molecule has 1 aromatic heterocycles. The zero-order chi connectivity index (χ0) is 14.0. The van der Waals surface area contributed by atoms with Crippen molar-refractivity contribution in [1.82, 2.24) is 0 Å². The summed E-state index contributed by atoms with van der Waals surface area (Å²) in [4.78, 5) is 0. The highest BCUT2D eigenvalue weighted by Gasteiger charge is 2.26. The van der Waals surface area contributed by atoms with Crippen LogP contribution in [-0.4, -0.2) is 5.11 Å². The second kappa shape index (κ2) is 3.67. The van der Waals surface area contributed by atoms with Gasteiger partial charge in [0.05, 0.1) is 0 Å². The molecule has 4 aromatic rings. The van der Waals surface area contributed by atoms with Crippen LogP contribution in [0.15, 0.2) is 59.0 Å². The van der Waals surface area contributed by atoms with Gasteiger partial charge in [-0.15, -0.1) is 0 Å². The number of hydrogen-bond donors (Lipinski definition) is 1. The van der Waals surface area contributed by atoms with E-state index in [-0.39, 0.29) is 0 Å². The summed E-state index contributed by atoms with van der Waals surface area (Å²) in [5, 5.41) is 12.6. The van der Waals surface area contributed by atoms with Crippen LogP contribution in [0.1, 0.15) is 11.1 Å². The van der Waals surface area contributed by atoms with Gasteiger partial charge >= 0.3 is 0 Å². The number of phenols is 1. The zero-order valence-electron chi connectivity index (χ0n) is 11.3. The second-order valence-corrected chi connectivity index (χ2v) is 5.55. The van der Waals surface area contributed by atoms with E-state index in [1.54, 1.807) is 6.07 Å². The fourth-order valence-electron chi connectivity index (χ4n) is 3.50. The van der Waals surface area contributed by atoms with E-state index in [2.05, 4.69) is 18.2 Å². The maximum Gasteiger partial charge on any atom is 0.139 e. The lowest BCUT2D eigenvalue weighted by atomic mass is 9.99. The Morgan fingerprint density at radius 1 is 0.905 bits per heavy atom. The molecule has 0 unspecified atom stereocenters. The Hall–Kier alpha value is -2.74. The Bertz CT molecular complexity index is 1020. The molecule has 21 heavy (non-hydrogen) atoms. The van der Waals surface area contributed by atoms with E-state index in [0.717, 1.165) is 39.5 Å². The predicted molar refractivity (Wildman–Crippen MR) is 83.6 cm³/mol. The molecule has 5 rings (SSSR count). The molecule has 1 aliphatic rings. The first kappa shape index (κ1) is 11.0. The molecule has 0 bridgehead atoms. The minimum Gasteiger partial charge on any atom is -0.507 e. The van der Waals surface area contributed by atoms with Crippen LogP contribution in [0.3, 0.4) is 0 Å². The molecule has 2 heteroatoms. The average Bonchev–Trinajstić information content (AvgIpc) is 3.05. The predicted octanol–water partition coefficient (Wildman–Crippen LogP) is 4.86. The SMILES string of the molecule is Oc1cc2oc3ccccc3c2c2c1Cc1ccccc1-2. The van der Waals surface area contributed by atoms with Crippen molar-refractivity contribution in [2.45, 2.75) is 6.42 Å². The van der Waals surface area contributed by atoms with Gasteiger partial charge in [0.1, 0.15) is 16.9 Å². The summed E-state index contributed by atoms with van der Waals surface area (Å²) >= 11 is 0. The lowest BCUT2D eigenvalue weighted by Gasteiger charge is -2.05. The van der Waals surface area contributed by atoms with Crippen LogP contribution in [0, 0.1) is 0 Å². The molecule has 1 heterocycles. The molecule has 3 aromatic carbocycles. The smallest absolute Gasteiger partial charge is 0.139 e. The van der Waals surface area contributed by atoms with Gasteiger partial charge in [0, 0.05) is 34.4 Å². The number of para-hydroxylation sites is 1. The lowest BCUT2D eigenvalue weighted by Crippen LogP contribution is -1.82. The lowest BCUT2D eigenvalue weighted by molar-refractivity contribution is 0.470. The fourth-order valence-corrected chi connectivity index (χ4v) is 3.50.